The summed E-state index contributed by atoms with van der Waals surface area (Å²) in [6.45, 7) is 11.6. The molecule has 1 saturated heterocycles. The molecule has 0 spiro atoms. The topological polar surface area (TPSA) is 73.6 Å². The first kappa shape index (κ1) is 18.9. The molecule has 2 heterocycles. The van der Waals surface area contributed by atoms with Crippen molar-refractivity contribution in [2.75, 3.05) is 38.1 Å². The van der Waals surface area contributed by atoms with Crippen LogP contribution in [0.4, 0.5) is 5.69 Å². The van der Waals surface area contributed by atoms with Gasteiger partial charge in [-0.1, -0.05) is 6.92 Å². The molecule has 1 aromatic rings. The Labute approximate surface area is 144 Å². The minimum atomic E-state index is -0.180. The monoisotopic (exact) mass is 337 g/mol. The van der Waals surface area contributed by atoms with Gasteiger partial charge in [-0.15, -0.1) is 0 Å². The molecule has 2 rings (SSSR count). The van der Waals surface area contributed by atoms with Gasteiger partial charge in [0.1, 0.15) is 0 Å². The van der Waals surface area contributed by atoms with E-state index in [1.54, 1.807) is 4.68 Å². The SMILES string of the molecule is CCC(CO)N1CCN(C(C)C(=O)Nc2c(C)nn(C)c2C)CC1. The van der Waals surface area contributed by atoms with Crippen LogP contribution in [0.2, 0.25) is 0 Å². The number of amides is 1. The number of aliphatic hydroxyl groups excluding tert-OH is 1. The van der Waals surface area contributed by atoms with E-state index in [9.17, 15) is 9.90 Å². The zero-order valence-electron chi connectivity index (χ0n) is 15.5. The Kier molecular flexibility index (Phi) is 6.37. The highest BCUT2D eigenvalue weighted by molar-refractivity contribution is 5.95. The minimum absolute atomic E-state index is 0.0110. The molecule has 2 atom stereocenters. The molecule has 0 aliphatic carbocycles. The number of nitrogens with zero attached hydrogens (tertiary/aromatic N) is 4. The van der Waals surface area contributed by atoms with Crippen LogP contribution in [0, 0.1) is 13.8 Å². The Morgan fingerprint density at radius 2 is 1.83 bits per heavy atom. The van der Waals surface area contributed by atoms with Gasteiger partial charge in [-0.25, -0.2) is 0 Å². The Morgan fingerprint density at radius 3 is 2.29 bits per heavy atom. The molecule has 1 aromatic heterocycles. The normalized spacial score (nSPS) is 19.2. The number of anilines is 1. The molecule has 1 amide bonds. The highest BCUT2D eigenvalue weighted by atomic mass is 16.3. The largest absolute Gasteiger partial charge is 0.395 e. The quantitative estimate of drug-likeness (QED) is 0.801. The first-order valence-electron chi connectivity index (χ1n) is 8.79. The summed E-state index contributed by atoms with van der Waals surface area (Å²) in [4.78, 5) is 17.1. The lowest BCUT2D eigenvalue weighted by Crippen LogP contribution is -2.55. The van der Waals surface area contributed by atoms with Crippen LogP contribution < -0.4 is 5.32 Å². The van der Waals surface area contributed by atoms with Crippen LogP contribution in [-0.2, 0) is 11.8 Å². The fourth-order valence-electron chi connectivity index (χ4n) is 3.34. The predicted molar refractivity (Wildman–Crippen MR) is 95.1 cm³/mol. The number of carbonyl (C=O) groups excluding carboxylic acids is 1. The summed E-state index contributed by atoms with van der Waals surface area (Å²) >= 11 is 0. The maximum absolute atomic E-state index is 12.6. The highest BCUT2D eigenvalue weighted by Gasteiger charge is 2.28. The number of hydrogen-bond donors (Lipinski definition) is 2. The van der Waals surface area contributed by atoms with Crippen molar-refractivity contribution < 1.29 is 9.90 Å². The van der Waals surface area contributed by atoms with E-state index >= 15 is 0 Å². The van der Waals surface area contributed by atoms with Crippen LogP contribution in [-0.4, -0.2) is 75.5 Å². The van der Waals surface area contributed by atoms with Crippen molar-refractivity contribution in [3.05, 3.63) is 11.4 Å². The summed E-state index contributed by atoms with van der Waals surface area (Å²) in [5.74, 6) is 0.0110. The van der Waals surface area contributed by atoms with Crippen LogP contribution in [0.1, 0.15) is 31.7 Å². The van der Waals surface area contributed by atoms with E-state index in [1.165, 1.54) is 0 Å². The van der Waals surface area contributed by atoms with E-state index in [0.29, 0.717) is 0 Å². The molecule has 136 valence electrons. The Bertz CT molecular complexity index is 560. The van der Waals surface area contributed by atoms with Gasteiger partial charge in [-0.3, -0.25) is 19.3 Å². The number of carbonyl (C=O) groups is 1. The van der Waals surface area contributed by atoms with E-state index in [0.717, 1.165) is 49.7 Å². The van der Waals surface area contributed by atoms with Crippen molar-refractivity contribution in [3.8, 4) is 0 Å². The molecule has 1 fully saturated rings. The number of aryl methyl sites for hydroxylation is 2. The molecule has 0 saturated carbocycles. The Balaban J connectivity index is 1.92. The molecule has 0 radical (unpaired) electrons. The van der Waals surface area contributed by atoms with Crippen molar-refractivity contribution >= 4 is 11.6 Å². The zero-order valence-corrected chi connectivity index (χ0v) is 15.5. The van der Waals surface area contributed by atoms with Gasteiger partial charge in [0.2, 0.25) is 5.91 Å². The van der Waals surface area contributed by atoms with E-state index in [2.05, 4.69) is 27.1 Å². The van der Waals surface area contributed by atoms with Gasteiger partial charge in [-0.2, -0.15) is 5.10 Å². The van der Waals surface area contributed by atoms with Crippen molar-refractivity contribution in [3.63, 3.8) is 0 Å². The molecular weight excluding hydrogens is 306 g/mol. The predicted octanol–water partition coefficient (Wildman–Crippen LogP) is 0.752. The fraction of sp³-hybridized carbons (Fsp3) is 0.765. The molecule has 1 aliphatic heterocycles. The van der Waals surface area contributed by atoms with Crippen LogP contribution in [0.3, 0.4) is 0 Å². The number of rotatable bonds is 6. The molecule has 1 aliphatic rings. The third kappa shape index (κ3) is 3.96. The third-order valence-corrected chi connectivity index (χ3v) is 5.23. The van der Waals surface area contributed by atoms with Gasteiger partial charge >= 0.3 is 0 Å². The summed E-state index contributed by atoms with van der Waals surface area (Å²) in [5.41, 5.74) is 2.63. The summed E-state index contributed by atoms with van der Waals surface area (Å²) in [6, 6.07) is 0.0531. The van der Waals surface area contributed by atoms with Gasteiger partial charge in [0, 0.05) is 39.3 Å². The van der Waals surface area contributed by atoms with Gasteiger partial charge in [0.25, 0.3) is 0 Å². The molecule has 7 nitrogen and oxygen atoms in total. The van der Waals surface area contributed by atoms with Crippen LogP contribution in [0.25, 0.3) is 0 Å². The lowest BCUT2D eigenvalue weighted by molar-refractivity contribution is -0.121. The maximum Gasteiger partial charge on any atom is 0.241 e. The molecule has 2 N–H and O–H groups in total. The van der Waals surface area contributed by atoms with E-state index in [1.807, 2.05) is 27.8 Å². The fourth-order valence-corrected chi connectivity index (χ4v) is 3.34. The second-order valence-electron chi connectivity index (χ2n) is 6.65. The second kappa shape index (κ2) is 8.09. The number of aliphatic hydroxyl groups is 1. The van der Waals surface area contributed by atoms with Crippen LogP contribution in [0.15, 0.2) is 0 Å². The standard InChI is InChI=1S/C17H31N5O2/c1-6-15(11-23)22-9-7-21(8-10-22)14(4)17(24)18-16-12(2)19-20(5)13(16)3/h14-15,23H,6-11H2,1-5H3,(H,18,24). The smallest absolute Gasteiger partial charge is 0.241 e. The van der Waals surface area contributed by atoms with Crippen molar-refractivity contribution in [2.45, 2.75) is 46.2 Å². The van der Waals surface area contributed by atoms with Crippen molar-refractivity contribution in [1.82, 2.24) is 19.6 Å². The van der Waals surface area contributed by atoms with Crippen molar-refractivity contribution in [1.29, 1.82) is 0 Å². The number of piperazine rings is 1. The number of hydrogen-bond acceptors (Lipinski definition) is 5. The third-order valence-electron chi connectivity index (χ3n) is 5.23. The Hall–Kier alpha value is -1.44. The molecule has 0 bridgehead atoms. The number of aromatic nitrogens is 2. The number of nitrogens with one attached hydrogen (secondary N) is 1. The van der Waals surface area contributed by atoms with Gasteiger partial charge in [0.05, 0.1) is 29.7 Å². The first-order valence-corrected chi connectivity index (χ1v) is 8.79. The average molecular weight is 337 g/mol. The van der Waals surface area contributed by atoms with E-state index in [4.69, 9.17) is 0 Å². The summed E-state index contributed by atoms with van der Waals surface area (Å²) in [5, 5.41) is 16.8. The minimum Gasteiger partial charge on any atom is -0.395 e. The summed E-state index contributed by atoms with van der Waals surface area (Å²) in [7, 11) is 1.88. The van der Waals surface area contributed by atoms with Gasteiger partial charge < -0.3 is 10.4 Å². The maximum atomic E-state index is 12.6. The lowest BCUT2D eigenvalue weighted by Gasteiger charge is -2.40. The second-order valence-corrected chi connectivity index (χ2v) is 6.65. The van der Waals surface area contributed by atoms with Crippen LogP contribution in [0.5, 0.6) is 0 Å². The van der Waals surface area contributed by atoms with Crippen molar-refractivity contribution in [2.24, 2.45) is 7.05 Å². The first-order chi connectivity index (χ1) is 11.4. The zero-order chi connectivity index (χ0) is 17.9. The summed E-state index contributed by atoms with van der Waals surface area (Å²) < 4.78 is 1.79. The van der Waals surface area contributed by atoms with E-state index in [-0.39, 0.29) is 24.6 Å². The highest BCUT2D eigenvalue weighted by Crippen LogP contribution is 2.19. The average Bonchev–Trinajstić information content (AvgIpc) is 2.82. The lowest BCUT2D eigenvalue weighted by atomic mass is 10.1. The van der Waals surface area contributed by atoms with Gasteiger partial charge in [-0.05, 0) is 27.2 Å². The summed E-state index contributed by atoms with van der Waals surface area (Å²) in [6.07, 6.45) is 0.950. The molecular formula is C17H31N5O2. The molecule has 7 heteroatoms. The Morgan fingerprint density at radius 1 is 1.25 bits per heavy atom. The van der Waals surface area contributed by atoms with E-state index < -0.39 is 0 Å². The molecule has 2 unspecified atom stereocenters. The molecule has 0 aromatic carbocycles. The van der Waals surface area contributed by atoms with Gasteiger partial charge in [0.15, 0.2) is 0 Å². The van der Waals surface area contributed by atoms with Crippen LogP contribution >= 0.6 is 0 Å². The molecule has 24 heavy (non-hydrogen) atoms.